The van der Waals surface area contributed by atoms with E-state index in [4.69, 9.17) is 0 Å². The fourth-order valence-corrected chi connectivity index (χ4v) is 2.96. The maximum Gasteiger partial charge on any atom is 0.147 e. The zero-order chi connectivity index (χ0) is 14.5. The zero-order valence-corrected chi connectivity index (χ0v) is 13.5. The first-order valence-electron chi connectivity index (χ1n) is 6.19. The highest BCUT2D eigenvalue weighted by atomic mass is 79.9. The second-order valence-electron chi connectivity index (χ2n) is 4.63. The Labute approximate surface area is 122 Å². The minimum Gasteiger partial charge on any atom is -0.310 e. The van der Waals surface area contributed by atoms with Crippen LogP contribution in [0.1, 0.15) is 31.4 Å². The Bertz CT molecular complexity index is 499. The minimum atomic E-state index is -3.02. The average Bonchev–Trinajstić information content (AvgIpc) is 2.26. The lowest BCUT2D eigenvalue weighted by molar-refractivity contribution is 0.509. The number of nitrogens with one attached hydrogen (secondary N) is 1. The standard InChI is InChI=1S/C13H19BrFNO2S/c1-3-5-16-13(4-6-19(2,17)18)10-7-11(14)9-12(15)8-10/h7-9,13,16H,3-6H2,1-2H3. The first-order chi connectivity index (χ1) is 8.81. The summed E-state index contributed by atoms with van der Waals surface area (Å²) in [6.07, 6.45) is 2.59. The maximum atomic E-state index is 13.4. The van der Waals surface area contributed by atoms with Crippen molar-refractivity contribution in [2.24, 2.45) is 0 Å². The molecular weight excluding hydrogens is 333 g/mol. The van der Waals surface area contributed by atoms with Gasteiger partial charge < -0.3 is 5.32 Å². The minimum absolute atomic E-state index is 0.0858. The summed E-state index contributed by atoms with van der Waals surface area (Å²) in [5.74, 6) is -0.241. The van der Waals surface area contributed by atoms with Crippen LogP contribution >= 0.6 is 15.9 Å². The molecule has 0 aliphatic heterocycles. The summed E-state index contributed by atoms with van der Waals surface area (Å²) < 4.78 is 36.6. The molecule has 1 rings (SSSR count). The average molecular weight is 352 g/mol. The fraction of sp³-hybridized carbons (Fsp3) is 0.538. The molecule has 0 aromatic heterocycles. The van der Waals surface area contributed by atoms with Crippen LogP contribution in [-0.2, 0) is 9.84 Å². The largest absolute Gasteiger partial charge is 0.310 e. The number of benzene rings is 1. The highest BCUT2D eigenvalue weighted by Crippen LogP contribution is 2.23. The number of rotatable bonds is 7. The summed E-state index contributed by atoms with van der Waals surface area (Å²) in [7, 11) is -3.02. The Morgan fingerprint density at radius 3 is 2.58 bits per heavy atom. The second kappa shape index (κ2) is 7.36. The zero-order valence-electron chi connectivity index (χ0n) is 11.1. The molecule has 19 heavy (non-hydrogen) atoms. The number of sulfone groups is 1. The van der Waals surface area contributed by atoms with Crippen LogP contribution in [0.3, 0.4) is 0 Å². The molecule has 1 atom stereocenters. The molecule has 6 heteroatoms. The topological polar surface area (TPSA) is 46.2 Å². The Balaban J connectivity index is 2.88. The maximum absolute atomic E-state index is 13.4. The SMILES string of the molecule is CCCNC(CCS(C)(=O)=O)c1cc(F)cc(Br)c1. The van der Waals surface area contributed by atoms with E-state index in [1.807, 2.05) is 13.0 Å². The Hall–Kier alpha value is -0.460. The van der Waals surface area contributed by atoms with Crippen molar-refractivity contribution < 1.29 is 12.8 Å². The van der Waals surface area contributed by atoms with Gasteiger partial charge in [-0.25, -0.2) is 12.8 Å². The number of hydrogen-bond donors (Lipinski definition) is 1. The third kappa shape index (κ3) is 6.49. The third-order valence-corrected chi connectivity index (χ3v) is 4.14. The van der Waals surface area contributed by atoms with Gasteiger partial charge in [-0.2, -0.15) is 0 Å². The van der Waals surface area contributed by atoms with Crippen molar-refractivity contribution in [2.75, 3.05) is 18.6 Å². The molecule has 0 saturated carbocycles. The summed E-state index contributed by atoms with van der Waals surface area (Å²) in [5.41, 5.74) is 0.768. The first-order valence-corrected chi connectivity index (χ1v) is 9.04. The molecule has 0 fully saturated rings. The van der Waals surface area contributed by atoms with E-state index in [0.29, 0.717) is 10.9 Å². The molecular formula is C13H19BrFNO2S. The number of hydrogen-bond acceptors (Lipinski definition) is 3. The van der Waals surface area contributed by atoms with Gasteiger partial charge in [-0.1, -0.05) is 22.9 Å². The van der Waals surface area contributed by atoms with Gasteiger partial charge in [0.1, 0.15) is 15.7 Å². The van der Waals surface area contributed by atoms with Crippen LogP contribution in [0, 0.1) is 5.82 Å². The lowest BCUT2D eigenvalue weighted by atomic mass is 10.0. The Kier molecular flexibility index (Phi) is 6.42. The summed E-state index contributed by atoms with van der Waals surface area (Å²) in [4.78, 5) is 0. The van der Waals surface area contributed by atoms with Gasteiger partial charge in [-0.05, 0) is 43.1 Å². The molecule has 3 nitrogen and oxygen atoms in total. The van der Waals surface area contributed by atoms with Gasteiger partial charge in [0, 0.05) is 16.8 Å². The molecule has 0 bridgehead atoms. The highest BCUT2D eigenvalue weighted by Gasteiger charge is 2.15. The third-order valence-electron chi connectivity index (χ3n) is 2.71. The first kappa shape index (κ1) is 16.6. The van der Waals surface area contributed by atoms with E-state index < -0.39 is 9.84 Å². The van der Waals surface area contributed by atoms with E-state index in [9.17, 15) is 12.8 Å². The van der Waals surface area contributed by atoms with E-state index in [1.165, 1.54) is 18.4 Å². The van der Waals surface area contributed by atoms with Gasteiger partial charge in [-0.3, -0.25) is 0 Å². The monoisotopic (exact) mass is 351 g/mol. The molecule has 0 aliphatic carbocycles. The normalized spacial score (nSPS) is 13.5. The van der Waals surface area contributed by atoms with Crippen LogP contribution < -0.4 is 5.32 Å². The molecule has 108 valence electrons. The van der Waals surface area contributed by atoms with Crippen molar-refractivity contribution in [2.45, 2.75) is 25.8 Å². The van der Waals surface area contributed by atoms with Crippen molar-refractivity contribution in [1.29, 1.82) is 0 Å². The van der Waals surface area contributed by atoms with Gasteiger partial charge >= 0.3 is 0 Å². The van der Waals surface area contributed by atoms with Crippen molar-refractivity contribution >= 4 is 25.8 Å². The molecule has 1 unspecified atom stereocenters. The van der Waals surface area contributed by atoms with Crippen LogP contribution in [0.15, 0.2) is 22.7 Å². The molecule has 1 aromatic rings. The summed E-state index contributed by atoms with van der Waals surface area (Å²) >= 11 is 3.25. The van der Waals surface area contributed by atoms with Crippen molar-refractivity contribution in [3.8, 4) is 0 Å². The fourth-order valence-electron chi connectivity index (χ4n) is 1.81. The van der Waals surface area contributed by atoms with Crippen molar-refractivity contribution in [1.82, 2.24) is 5.32 Å². The summed E-state index contributed by atoms with van der Waals surface area (Å²) in [5, 5.41) is 3.26. The van der Waals surface area contributed by atoms with Gasteiger partial charge in [0.2, 0.25) is 0 Å². The van der Waals surface area contributed by atoms with Crippen LogP contribution in [0.2, 0.25) is 0 Å². The van der Waals surface area contributed by atoms with Crippen molar-refractivity contribution in [3.05, 3.63) is 34.1 Å². The lowest BCUT2D eigenvalue weighted by Crippen LogP contribution is -2.24. The van der Waals surface area contributed by atoms with E-state index in [1.54, 1.807) is 0 Å². The van der Waals surface area contributed by atoms with Crippen LogP contribution in [-0.4, -0.2) is 27.0 Å². The van der Waals surface area contributed by atoms with E-state index >= 15 is 0 Å². The Morgan fingerprint density at radius 2 is 2.05 bits per heavy atom. The van der Waals surface area contributed by atoms with Gasteiger partial charge in [-0.15, -0.1) is 0 Å². The van der Waals surface area contributed by atoms with Crippen LogP contribution in [0.25, 0.3) is 0 Å². The van der Waals surface area contributed by atoms with E-state index in [-0.39, 0.29) is 17.6 Å². The highest BCUT2D eigenvalue weighted by molar-refractivity contribution is 9.10. The van der Waals surface area contributed by atoms with E-state index in [2.05, 4.69) is 21.2 Å². The predicted molar refractivity (Wildman–Crippen MR) is 79.5 cm³/mol. The smallest absolute Gasteiger partial charge is 0.147 e. The Morgan fingerprint density at radius 1 is 1.37 bits per heavy atom. The van der Waals surface area contributed by atoms with Gasteiger partial charge in [0.05, 0.1) is 5.75 Å². The molecule has 0 aliphatic rings. The molecule has 0 saturated heterocycles. The molecule has 0 radical (unpaired) electrons. The van der Waals surface area contributed by atoms with Crippen LogP contribution in [0.4, 0.5) is 4.39 Å². The number of halogens is 2. The second-order valence-corrected chi connectivity index (χ2v) is 7.80. The molecule has 0 amide bonds. The lowest BCUT2D eigenvalue weighted by Gasteiger charge is -2.19. The van der Waals surface area contributed by atoms with Crippen molar-refractivity contribution in [3.63, 3.8) is 0 Å². The molecule has 1 aromatic carbocycles. The van der Waals surface area contributed by atoms with Crippen LogP contribution in [0.5, 0.6) is 0 Å². The predicted octanol–water partition coefficient (Wildman–Crippen LogP) is 3.06. The summed E-state index contributed by atoms with van der Waals surface area (Å²) in [6, 6.07) is 4.50. The molecule has 0 heterocycles. The quantitative estimate of drug-likeness (QED) is 0.820. The van der Waals surface area contributed by atoms with Gasteiger partial charge in [0.15, 0.2) is 0 Å². The van der Waals surface area contributed by atoms with E-state index in [0.717, 1.165) is 18.5 Å². The molecule has 1 N–H and O–H groups in total. The summed E-state index contributed by atoms with van der Waals surface area (Å²) in [6.45, 7) is 2.80. The van der Waals surface area contributed by atoms with Gasteiger partial charge in [0.25, 0.3) is 0 Å². The molecule has 0 spiro atoms.